The van der Waals surface area contributed by atoms with Gasteiger partial charge in [-0.1, -0.05) is 31.0 Å². The number of halogens is 1. The average Bonchev–Trinajstić information content (AvgIpc) is 2.79. The lowest BCUT2D eigenvalue weighted by Gasteiger charge is -2.15. The maximum Gasteiger partial charge on any atom is 0.267 e. The Kier molecular flexibility index (Phi) is 10.2. The summed E-state index contributed by atoms with van der Waals surface area (Å²) in [6.45, 7) is 2.68. The number of nitrogens with one attached hydrogen (secondary N) is 3. The number of hydrogen-bond donors (Lipinski definition) is 3. The van der Waals surface area contributed by atoms with Gasteiger partial charge in [-0.2, -0.15) is 0 Å². The molecule has 2 rings (SSSR count). The Morgan fingerprint density at radius 1 is 1.15 bits per heavy atom. The van der Waals surface area contributed by atoms with Crippen molar-refractivity contribution in [3.05, 3.63) is 52.5 Å². The van der Waals surface area contributed by atoms with Gasteiger partial charge < -0.3 is 20.1 Å². The van der Waals surface area contributed by atoms with Crippen molar-refractivity contribution in [2.24, 2.45) is 0 Å². The summed E-state index contributed by atoms with van der Waals surface area (Å²) in [5.41, 5.74) is 1.02. The fourth-order valence-corrected chi connectivity index (χ4v) is 4.52. The minimum absolute atomic E-state index is 0.0171. The van der Waals surface area contributed by atoms with Crippen LogP contribution in [0.15, 0.2) is 41.3 Å². The molecule has 8 nitrogen and oxygen atoms in total. The Hall–Kier alpha value is -2.56. The molecule has 0 spiro atoms. The summed E-state index contributed by atoms with van der Waals surface area (Å²) in [5, 5.41) is 5.78. The first-order valence-electron chi connectivity index (χ1n) is 10.3. The molecule has 0 saturated carbocycles. The van der Waals surface area contributed by atoms with Crippen LogP contribution in [0.2, 0.25) is 5.02 Å². The molecule has 0 bridgehead atoms. The van der Waals surface area contributed by atoms with Crippen LogP contribution in [-0.2, 0) is 16.4 Å². The molecule has 0 fully saturated rings. The number of sulfonamides is 1. The number of hydrogen-bond acceptors (Lipinski definition) is 6. The predicted molar refractivity (Wildman–Crippen MR) is 133 cm³/mol. The zero-order chi connectivity index (χ0) is 24.4. The molecule has 1 amide bonds. The summed E-state index contributed by atoms with van der Waals surface area (Å²) in [6.07, 6.45) is 2.10. The topological polar surface area (TPSA) is 106 Å². The smallest absolute Gasteiger partial charge is 0.267 e. The van der Waals surface area contributed by atoms with Crippen molar-refractivity contribution in [2.45, 2.75) is 31.1 Å². The molecule has 0 heterocycles. The Labute approximate surface area is 205 Å². The van der Waals surface area contributed by atoms with Gasteiger partial charge in [0.25, 0.3) is 15.9 Å². The second-order valence-electron chi connectivity index (χ2n) is 7.02. The molecule has 0 unspecified atom stereocenters. The first-order chi connectivity index (χ1) is 15.7. The molecule has 0 saturated heterocycles. The number of carbonyl (C=O) groups excluding carboxylic acids is 1. The van der Waals surface area contributed by atoms with Crippen molar-refractivity contribution < 1.29 is 22.7 Å². The lowest BCUT2D eigenvalue weighted by molar-refractivity contribution is 0.0951. The minimum Gasteiger partial charge on any atom is -0.496 e. The largest absolute Gasteiger partial charge is 0.496 e. The van der Waals surface area contributed by atoms with Crippen molar-refractivity contribution in [2.75, 3.05) is 27.3 Å². The van der Waals surface area contributed by atoms with Crippen LogP contribution >= 0.6 is 23.8 Å². The molecule has 0 atom stereocenters. The first kappa shape index (κ1) is 26.7. The number of rotatable bonds is 11. The van der Waals surface area contributed by atoms with Gasteiger partial charge in [-0.25, -0.2) is 8.42 Å². The first-order valence-corrected chi connectivity index (χ1v) is 12.6. The van der Waals surface area contributed by atoms with Gasteiger partial charge in [-0.15, -0.1) is 0 Å². The maximum atomic E-state index is 12.9. The number of benzene rings is 2. The van der Waals surface area contributed by atoms with Gasteiger partial charge in [0.1, 0.15) is 16.4 Å². The van der Waals surface area contributed by atoms with Crippen molar-refractivity contribution >= 4 is 44.9 Å². The van der Waals surface area contributed by atoms with Gasteiger partial charge in [-0.05, 0) is 61.0 Å². The molecule has 11 heteroatoms. The molecule has 2 aromatic rings. The normalized spacial score (nSPS) is 10.9. The number of unbranched alkanes of at least 4 members (excludes halogenated alkanes) is 1. The van der Waals surface area contributed by atoms with Crippen molar-refractivity contribution in [3.8, 4) is 11.5 Å². The summed E-state index contributed by atoms with van der Waals surface area (Å²) in [5.74, 6) is 0.305. The Morgan fingerprint density at radius 3 is 2.55 bits per heavy atom. The summed E-state index contributed by atoms with van der Waals surface area (Å²) in [7, 11) is -0.960. The monoisotopic (exact) mass is 513 g/mol. The molecule has 33 heavy (non-hydrogen) atoms. The zero-order valence-electron chi connectivity index (χ0n) is 18.7. The van der Waals surface area contributed by atoms with Gasteiger partial charge in [0, 0.05) is 18.6 Å². The maximum absolute atomic E-state index is 12.9. The number of methoxy groups -OCH3 is 1. The third-order valence-corrected chi connectivity index (χ3v) is 6.65. The second kappa shape index (κ2) is 12.6. The molecular weight excluding hydrogens is 486 g/mol. The van der Waals surface area contributed by atoms with Crippen LogP contribution < -0.4 is 24.8 Å². The molecule has 3 N–H and O–H groups in total. The highest BCUT2D eigenvalue weighted by Gasteiger charge is 2.22. The van der Waals surface area contributed by atoms with E-state index < -0.39 is 10.0 Å². The van der Waals surface area contributed by atoms with Gasteiger partial charge in [0.05, 0.1) is 19.3 Å². The molecule has 180 valence electrons. The van der Waals surface area contributed by atoms with Crippen molar-refractivity contribution in [1.82, 2.24) is 15.4 Å². The third kappa shape index (κ3) is 7.76. The average molecular weight is 514 g/mol. The lowest BCUT2D eigenvalue weighted by Crippen LogP contribution is -2.37. The summed E-state index contributed by atoms with van der Waals surface area (Å²) >= 11 is 10.9. The van der Waals surface area contributed by atoms with Crippen molar-refractivity contribution in [1.29, 1.82) is 0 Å². The van der Waals surface area contributed by atoms with Crippen LogP contribution in [0, 0.1) is 0 Å². The summed E-state index contributed by atoms with van der Waals surface area (Å²) in [6, 6.07) is 9.69. The van der Waals surface area contributed by atoms with Crippen LogP contribution in [0.3, 0.4) is 0 Å². The molecular formula is C22H28ClN3O5S2. The number of amides is 1. The van der Waals surface area contributed by atoms with Gasteiger partial charge >= 0.3 is 0 Å². The fourth-order valence-electron chi connectivity index (χ4n) is 2.86. The standard InChI is InChI=1S/C22H28ClN3O5S2/c1-4-5-12-31-19-8-6-15(13-20(19)33(28,29)26-22(32)24-2)10-11-25-21(27)17-14-16(23)7-9-18(17)30-3/h6-9,13-14H,4-5,10-12H2,1-3H3,(H,25,27)(H2,24,26,32). The van der Waals surface area contributed by atoms with E-state index in [0.29, 0.717) is 34.9 Å². The number of thiocarbonyl (C=S) groups is 1. The highest BCUT2D eigenvalue weighted by atomic mass is 35.5. The van der Waals surface area contributed by atoms with Gasteiger partial charge in [-0.3, -0.25) is 9.52 Å². The number of carbonyl (C=O) groups is 1. The van der Waals surface area contributed by atoms with E-state index in [1.165, 1.54) is 26.3 Å². The third-order valence-electron chi connectivity index (χ3n) is 4.61. The van der Waals surface area contributed by atoms with E-state index >= 15 is 0 Å². The minimum atomic E-state index is -3.96. The summed E-state index contributed by atoms with van der Waals surface area (Å²) < 4.78 is 38.9. The van der Waals surface area contributed by atoms with Crippen LogP contribution in [-0.4, -0.2) is 46.7 Å². The molecule has 0 radical (unpaired) electrons. The highest BCUT2D eigenvalue weighted by molar-refractivity contribution is 7.92. The highest BCUT2D eigenvalue weighted by Crippen LogP contribution is 2.26. The Morgan fingerprint density at radius 2 is 1.88 bits per heavy atom. The lowest BCUT2D eigenvalue weighted by atomic mass is 10.1. The van der Waals surface area contributed by atoms with Crippen LogP contribution in [0.25, 0.3) is 0 Å². The van der Waals surface area contributed by atoms with E-state index in [9.17, 15) is 13.2 Å². The van der Waals surface area contributed by atoms with E-state index in [1.807, 2.05) is 6.92 Å². The van der Waals surface area contributed by atoms with Gasteiger partial charge in [0.2, 0.25) is 0 Å². The summed E-state index contributed by atoms with van der Waals surface area (Å²) in [4.78, 5) is 12.5. The van der Waals surface area contributed by atoms with Crippen LogP contribution in [0.5, 0.6) is 11.5 Å². The second-order valence-corrected chi connectivity index (χ2v) is 9.51. The fraction of sp³-hybridized carbons (Fsp3) is 0.364. The van der Waals surface area contributed by atoms with Gasteiger partial charge in [0.15, 0.2) is 5.11 Å². The van der Waals surface area contributed by atoms with E-state index in [-0.39, 0.29) is 28.2 Å². The SMILES string of the molecule is CCCCOc1ccc(CCNC(=O)c2cc(Cl)ccc2OC)cc1S(=O)(=O)NC(=S)NC. The Balaban J connectivity index is 2.17. The van der Waals surface area contributed by atoms with E-state index in [1.54, 1.807) is 24.3 Å². The molecule has 0 aromatic heterocycles. The van der Waals surface area contributed by atoms with E-state index in [0.717, 1.165) is 12.8 Å². The molecule has 0 aliphatic heterocycles. The molecule has 2 aromatic carbocycles. The quantitative estimate of drug-likeness (QED) is 0.313. The zero-order valence-corrected chi connectivity index (χ0v) is 21.1. The van der Waals surface area contributed by atoms with Crippen LogP contribution in [0.4, 0.5) is 0 Å². The Bertz CT molecular complexity index is 1090. The van der Waals surface area contributed by atoms with Crippen LogP contribution in [0.1, 0.15) is 35.7 Å². The number of ether oxygens (including phenoxy) is 2. The van der Waals surface area contributed by atoms with E-state index in [2.05, 4.69) is 15.4 Å². The molecule has 0 aliphatic rings. The molecule has 0 aliphatic carbocycles. The van der Waals surface area contributed by atoms with E-state index in [4.69, 9.17) is 33.3 Å². The van der Waals surface area contributed by atoms with Crippen molar-refractivity contribution in [3.63, 3.8) is 0 Å². The predicted octanol–water partition coefficient (Wildman–Crippen LogP) is 3.28.